The van der Waals surface area contributed by atoms with Crippen molar-refractivity contribution in [3.63, 3.8) is 0 Å². The largest absolute Gasteiger partial charge is 0.588 e. The molecule has 0 radical (unpaired) electrons. The second-order valence-corrected chi connectivity index (χ2v) is 12.0. The van der Waals surface area contributed by atoms with Crippen LogP contribution in [0.4, 0.5) is 0 Å². The fourth-order valence-corrected chi connectivity index (χ4v) is 6.60. The molecule has 0 bridgehead atoms. The molecule has 0 amide bonds. The standard InChI is InChI=1S/C28H43O8PS/c1-6-9-17-30-20-24-25(31-18-10-7-2)26(32-19-11-8-3)27(36-37(29)34-21(4)22(5)35-37)28(33-24)38-23-15-13-12-14-16-23/h12-16,24-28H,4-11,17-20H2,1-3H3. The molecule has 0 aliphatic carbocycles. The van der Waals surface area contributed by atoms with Gasteiger partial charge in [-0.25, -0.2) is 4.57 Å². The Labute approximate surface area is 232 Å². The Morgan fingerprint density at radius 3 is 2.03 bits per heavy atom. The van der Waals surface area contributed by atoms with Gasteiger partial charge in [0.2, 0.25) is 0 Å². The minimum atomic E-state index is -4.04. The third-order valence-corrected chi connectivity index (χ3v) is 8.68. The van der Waals surface area contributed by atoms with Gasteiger partial charge in [0.15, 0.2) is 11.5 Å². The van der Waals surface area contributed by atoms with Crippen LogP contribution in [0.25, 0.3) is 0 Å². The Hall–Kier alpha value is -1.32. The second-order valence-electron chi connectivity index (χ2n) is 9.33. The van der Waals surface area contributed by atoms with Crippen LogP contribution in [0.5, 0.6) is 0 Å². The van der Waals surface area contributed by atoms with Gasteiger partial charge in [-0.15, -0.1) is 0 Å². The number of phosphoric acid groups is 1. The minimum Gasteiger partial charge on any atom is -0.392 e. The summed E-state index contributed by atoms with van der Waals surface area (Å²) in [5.41, 5.74) is -0.602. The summed E-state index contributed by atoms with van der Waals surface area (Å²) in [7, 11) is -4.04. The fourth-order valence-electron chi connectivity index (χ4n) is 4.00. The highest BCUT2D eigenvalue weighted by Gasteiger charge is 2.54. The molecule has 2 fully saturated rings. The van der Waals surface area contributed by atoms with Gasteiger partial charge < -0.3 is 28.0 Å². The van der Waals surface area contributed by atoms with E-state index in [0.717, 1.165) is 43.4 Å². The third-order valence-electron chi connectivity index (χ3n) is 6.13. The van der Waals surface area contributed by atoms with Crippen molar-refractivity contribution in [2.75, 3.05) is 26.4 Å². The van der Waals surface area contributed by atoms with Crippen molar-refractivity contribution in [2.45, 2.75) is 94.0 Å². The number of unbranched alkanes of at least 4 members (excludes halogenated alkanes) is 3. The van der Waals surface area contributed by atoms with Crippen molar-refractivity contribution >= 4 is 19.6 Å². The number of thioether (sulfide) groups is 1. The summed E-state index contributed by atoms with van der Waals surface area (Å²) in [6.45, 7) is 15.8. The summed E-state index contributed by atoms with van der Waals surface area (Å²) in [4.78, 5) is 0.967. The van der Waals surface area contributed by atoms with Gasteiger partial charge >= 0.3 is 7.82 Å². The Kier molecular flexibility index (Phi) is 13.2. The lowest BCUT2D eigenvalue weighted by molar-refractivity contribution is -0.234. The highest BCUT2D eigenvalue weighted by molar-refractivity contribution is 7.99. The summed E-state index contributed by atoms with van der Waals surface area (Å²) in [6.07, 6.45) is 3.35. The Bertz CT molecular complexity index is 893. The molecule has 5 atom stereocenters. The zero-order valence-corrected chi connectivity index (χ0v) is 24.6. The first-order valence-electron chi connectivity index (χ1n) is 13.6. The molecule has 38 heavy (non-hydrogen) atoms. The molecule has 2 aliphatic heterocycles. The summed E-state index contributed by atoms with van der Waals surface area (Å²) in [5.74, 6) is 0.164. The van der Waals surface area contributed by atoms with E-state index in [-0.39, 0.29) is 11.5 Å². The number of phosphoric ester groups is 1. The quantitative estimate of drug-likeness (QED) is 0.142. The molecular formula is C28H43O8PS. The van der Waals surface area contributed by atoms with Crippen LogP contribution < -0.4 is 0 Å². The minimum absolute atomic E-state index is 0.0821. The fraction of sp³-hybridized carbons (Fsp3) is 0.643. The lowest BCUT2D eigenvalue weighted by Gasteiger charge is -2.45. The van der Waals surface area contributed by atoms with E-state index in [1.165, 1.54) is 11.8 Å². The van der Waals surface area contributed by atoms with E-state index in [1.54, 1.807) is 0 Å². The van der Waals surface area contributed by atoms with Crippen LogP contribution in [0.2, 0.25) is 0 Å². The molecule has 8 nitrogen and oxygen atoms in total. The van der Waals surface area contributed by atoms with Crippen molar-refractivity contribution < 1.29 is 37.1 Å². The van der Waals surface area contributed by atoms with Gasteiger partial charge in [0.05, 0.1) is 6.61 Å². The molecule has 1 aromatic carbocycles. The second kappa shape index (κ2) is 16.1. The maximum Gasteiger partial charge on any atom is 0.588 e. The number of hydrogen-bond acceptors (Lipinski definition) is 9. The van der Waals surface area contributed by atoms with Crippen molar-refractivity contribution in [1.29, 1.82) is 0 Å². The number of benzene rings is 1. The Balaban J connectivity index is 1.94. The van der Waals surface area contributed by atoms with Gasteiger partial charge in [-0.05, 0) is 31.4 Å². The van der Waals surface area contributed by atoms with E-state index >= 15 is 0 Å². The molecule has 1 aromatic rings. The van der Waals surface area contributed by atoms with Crippen LogP contribution in [0, 0.1) is 0 Å². The molecule has 5 unspecified atom stereocenters. The van der Waals surface area contributed by atoms with Crippen LogP contribution in [0.1, 0.15) is 59.3 Å². The molecule has 0 aromatic heterocycles. The topological polar surface area (TPSA) is 81.7 Å². The van der Waals surface area contributed by atoms with Gasteiger partial charge in [-0.1, -0.05) is 83.2 Å². The van der Waals surface area contributed by atoms with E-state index in [1.807, 2.05) is 30.3 Å². The van der Waals surface area contributed by atoms with E-state index in [0.29, 0.717) is 26.4 Å². The Morgan fingerprint density at radius 2 is 1.42 bits per heavy atom. The Morgan fingerprint density at radius 1 is 0.842 bits per heavy atom. The number of ether oxygens (including phenoxy) is 4. The predicted molar refractivity (Wildman–Crippen MR) is 149 cm³/mol. The molecule has 0 saturated carbocycles. The average molecular weight is 571 g/mol. The third kappa shape index (κ3) is 9.12. The molecule has 0 N–H and O–H groups in total. The van der Waals surface area contributed by atoms with Gasteiger partial charge in [-0.3, -0.25) is 4.52 Å². The first-order valence-corrected chi connectivity index (χ1v) is 16.0. The van der Waals surface area contributed by atoms with Crippen LogP contribution in [-0.2, 0) is 37.1 Å². The van der Waals surface area contributed by atoms with Crippen molar-refractivity contribution in [2.24, 2.45) is 0 Å². The lowest BCUT2D eigenvalue weighted by Crippen LogP contribution is -2.60. The van der Waals surface area contributed by atoms with Crippen LogP contribution in [0.3, 0.4) is 0 Å². The monoisotopic (exact) mass is 570 g/mol. The molecule has 0 spiro atoms. The van der Waals surface area contributed by atoms with E-state index in [4.69, 9.17) is 32.5 Å². The van der Waals surface area contributed by atoms with E-state index < -0.39 is 37.7 Å². The van der Waals surface area contributed by atoms with Crippen molar-refractivity contribution in [3.05, 3.63) is 55.0 Å². The van der Waals surface area contributed by atoms with Gasteiger partial charge in [0.25, 0.3) is 0 Å². The summed E-state index contributed by atoms with van der Waals surface area (Å²) in [6, 6.07) is 9.84. The van der Waals surface area contributed by atoms with Crippen LogP contribution >= 0.6 is 19.6 Å². The molecule has 2 heterocycles. The maximum absolute atomic E-state index is 13.5. The first kappa shape index (κ1) is 31.2. The molecule has 2 aliphatic rings. The molecule has 10 heteroatoms. The highest BCUT2D eigenvalue weighted by Crippen LogP contribution is 2.61. The van der Waals surface area contributed by atoms with E-state index in [2.05, 4.69) is 33.9 Å². The molecule has 214 valence electrons. The molecule has 2 saturated heterocycles. The molecular weight excluding hydrogens is 527 g/mol. The lowest BCUT2D eigenvalue weighted by atomic mass is 9.99. The van der Waals surface area contributed by atoms with Gasteiger partial charge in [-0.2, -0.15) is 0 Å². The summed E-state index contributed by atoms with van der Waals surface area (Å²) >= 11 is 1.46. The maximum atomic E-state index is 13.5. The number of hydrogen-bond donors (Lipinski definition) is 0. The molecule has 3 rings (SSSR count). The SMILES string of the molecule is C=C1OP(=O)(OC2C(Sc3ccccc3)OC(COCCCC)C(OCCCC)C2OCCCC)OC1=C. The number of rotatable bonds is 17. The van der Waals surface area contributed by atoms with Crippen molar-refractivity contribution in [1.82, 2.24) is 0 Å². The average Bonchev–Trinajstić information content (AvgIpc) is 3.16. The van der Waals surface area contributed by atoms with Crippen LogP contribution in [-0.4, -0.2) is 56.3 Å². The smallest absolute Gasteiger partial charge is 0.392 e. The summed E-state index contributed by atoms with van der Waals surface area (Å²) < 4.78 is 55.9. The highest BCUT2D eigenvalue weighted by atomic mass is 32.2. The van der Waals surface area contributed by atoms with Gasteiger partial charge in [0, 0.05) is 24.7 Å². The van der Waals surface area contributed by atoms with Gasteiger partial charge in [0.1, 0.15) is 29.9 Å². The zero-order valence-electron chi connectivity index (χ0n) is 22.9. The summed E-state index contributed by atoms with van der Waals surface area (Å²) in [5, 5.41) is 0. The van der Waals surface area contributed by atoms with Crippen LogP contribution in [0.15, 0.2) is 59.9 Å². The zero-order chi connectivity index (χ0) is 27.4. The normalized spacial score (nSPS) is 26.8. The van der Waals surface area contributed by atoms with E-state index in [9.17, 15) is 4.57 Å². The predicted octanol–water partition coefficient (Wildman–Crippen LogP) is 7.26. The first-order chi connectivity index (χ1) is 18.4. The van der Waals surface area contributed by atoms with Crippen molar-refractivity contribution in [3.8, 4) is 0 Å².